The first-order chi connectivity index (χ1) is 14.5. The molecule has 0 saturated carbocycles. The Hall–Kier alpha value is -1.29. The molecule has 2 aliphatic heterocycles. The Labute approximate surface area is 189 Å². The van der Waals surface area contributed by atoms with Crippen LogP contribution in [0.5, 0.6) is 0 Å². The molecular weight excluding hydrogens is 432 g/mol. The number of sulfone groups is 1. The summed E-state index contributed by atoms with van der Waals surface area (Å²) in [6.45, 7) is 10.7. The number of ether oxygens (including phenoxy) is 1. The molecule has 0 aromatic carbocycles. The molecule has 4 rings (SSSR count). The van der Waals surface area contributed by atoms with E-state index >= 15 is 0 Å². The number of nitrogens with zero attached hydrogens (tertiary/aromatic N) is 4. The number of rotatable bonds is 6. The fraction of sp³-hybridized carbons (Fsp3) is 0.727. The Kier molecular flexibility index (Phi) is 6.09. The van der Waals surface area contributed by atoms with Gasteiger partial charge in [0.1, 0.15) is 9.84 Å². The minimum absolute atomic E-state index is 0.0332. The molecule has 172 valence electrons. The van der Waals surface area contributed by atoms with Crippen LogP contribution in [0, 0.1) is 0 Å². The van der Waals surface area contributed by atoms with Crippen molar-refractivity contribution in [2.24, 2.45) is 0 Å². The van der Waals surface area contributed by atoms with E-state index in [2.05, 4.69) is 35.1 Å². The number of piperidine rings is 1. The average Bonchev–Trinajstić information content (AvgIpc) is 3.30. The first-order valence-corrected chi connectivity index (χ1v) is 14.0. The number of likely N-dealkylation sites (tertiary alicyclic amines) is 1. The maximum absolute atomic E-state index is 11.8. The molecule has 2 aromatic rings. The van der Waals surface area contributed by atoms with Crippen molar-refractivity contribution >= 4 is 21.2 Å². The number of hydrogen-bond donors (Lipinski definition) is 0. The summed E-state index contributed by atoms with van der Waals surface area (Å²) >= 11 is 1.96. The molecule has 0 N–H and O–H groups in total. The van der Waals surface area contributed by atoms with Gasteiger partial charge in [-0.25, -0.2) is 13.1 Å². The lowest BCUT2D eigenvalue weighted by atomic mass is 9.79. The fourth-order valence-corrected chi connectivity index (χ4v) is 7.69. The van der Waals surface area contributed by atoms with Crippen LogP contribution in [-0.2, 0) is 45.1 Å². The molecule has 31 heavy (non-hydrogen) atoms. The van der Waals surface area contributed by atoms with Gasteiger partial charge in [-0.2, -0.15) is 0 Å². The van der Waals surface area contributed by atoms with Crippen LogP contribution >= 0.6 is 11.3 Å². The molecule has 0 unspecified atom stereocenters. The highest BCUT2D eigenvalue weighted by Gasteiger charge is 2.44. The zero-order chi connectivity index (χ0) is 22.4. The van der Waals surface area contributed by atoms with E-state index in [1.54, 1.807) is 4.68 Å². The van der Waals surface area contributed by atoms with E-state index in [4.69, 9.17) is 4.74 Å². The highest BCUT2D eigenvalue weighted by molar-refractivity contribution is 7.90. The summed E-state index contributed by atoms with van der Waals surface area (Å²) in [6, 6.07) is 2.75. The number of hydrogen-bond acceptors (Lipinski definition) is 7. The van der Waals surface area contributed by atoms with Crippen molar-refractivity contribution in [1.29, 1.82) is 0 Å². The van der Waals surface area contributed by atoms with E-state index in [1.807, 2.05) is 31.4 Å². The summed E-state index contributed by atoms with van der Waals surface area (Å²) in [7, 11) is -3.11. The zero-order valence-electron chi connectivity index (χ0n) is 19.2. The fourth-order valence-electron chi connectivity index (χ4n) is 5.09. The van der Waals surface area contributed by atoms with Crippen molar-refractivity contribution in [2.75, 3.05) is 25.2 Å². The largest absolute Gasteiger partial charge is 0.370 e. The van der Waals surface area contributed by atoms with Crippen molar-refractivity contribution in [1.82, 2.24) is 19.9 Å². The summed E-state index contributed by atoms with van der Waals surface area (Å²) in [5, 5.41) is 8.58. The summed E-state index contributed by atoms with van der Waals surface area (Å²) in [6.07, 6.45) is 7.23. The molecule has 7 nitrogen and oxygen atoms in total. The lowest BCUT2D eigenvalue weighted by Gasteiger charge is -2.47. The number of fused-ring (bicyclic) bond motifs is 2. The van der Waals surface area contributed by atoms with Crippen LogP contribution in [0.2, 0.25) is 0 Å². The Bertz CT molecular complexity index is 1040. The van der Waals surface area contributed by atoms with Crippen LogP contribution < -0.4 is 0 Å². The topological polar surface area (TPSA) is 77.3 Å². The minimum Gasteiger partial charge on any atom is -0.370 e. The molecule has 0 aliphatic carbocycles. The van der Waals surface area contributed by atoms with Crippen molar-refractivity contribution < 1.29 is 13.2 Å². The molecule has 1 spiro atoms. The Morgan fingerprint density at radius 1 is 1.39 bits per heavy atom. The molecule has 1 fully saturated rings. The third kappa shape index (κ3) is 4.74. The van der Waals surface area contributed by atoms with E-state index in [0.29, 0.717) is 12.6 Å². The van der Waals surface area contributed by atoms with Gasteiger partial charge in [0, 0.05) is 41.6 Å². The summed E-state index contributed by atoms with van der Waals surface area (Å²) in [4.78, 5) is 5.41. The molecule has 2 aliphatic rings. The summed E-state index contributed by atoms with van der Waals surface area (Å²) in [5.41, 5.74) is 1.53. The monoisotopic (exact) mass is 466 g/mol. The predicted molar refractivity (Wildman–Crippen MR) is 123 cm³/mol. The van der Waals surface area contributed by atoms with Gasteiger partial charge in [0.15, 0.2) is 0 Å². The first-order valence-electron chi connectivity index (χ1n) is 11.1. The van der Waals surface area contributed by atoms with Gasteiger partial charge in [-0.1, -0.05) is 12.1 Å². The van der Waals surface area contributed by atoms with Gasteiger partial charge in [0.25, 0.3) is 0 Å². The molecule has 0 radical (unpaired) electrons. The molecule has 4 heterocycles. The van der Waals surface area contributed by atoms with Crippen LogP contribution in [0.1, 0.15) is 61.5 Å². The summed E-state index contributed by atoms with van der Waals surface area (Å²) < 4.78 is 31.7. The maximum atomic E-state index is 11.8. The van der Waals surface area contributed by atoms with Crippen LogP contribution in [0.4, 0.5) is 0 Å². The lowest BCUT2D eigenvalue weighted by Crippen LogP contribution is -2.50. The van der Waals surface area contributed by atoms with E-state index in [9.17, 15) is 8.42 Å². The van der Waals surface area contributed by atoms with Crippen LogP contribution in [0.25, 0.3) is 0 Å². The van der Waals surface area contributed by atoms with Crippen LogP contribution in [-0.4, -0.2) is 59.5 Å². The summed E-state index contributed by atoms with van der Waals surface area (Å²) in [5.74, 6) is 0.0332. The van der Waals surface area contributed by atoms with Crippen molar-refractivity contribution in [2.45, 2.75) is 77.1 Å². The number of aryl methyl sites for hydroxylation is 1. The van der Waals surface area contributed by atoms with Gasteiger partial charge in [-0.15, -0.1) is 16.4 Å². The van der Waals surface area contributed by atoms with Gasteiger partial charge in [0.2, 0.25) is 0 Å². The standard InChI is InChI=1S/C22H34N4O3S2/c1-6-18-11-19-20(30-18)7-10-29-22(19)8-9-25(16(2)12-22)13-17-14-26(24-23-17)21(3,4)15-31(5,27)28/h11,14,16H,6-10,12-13,15H2,1-5H3/t16-,22+/m0/s1. The molecular formula is C22H34N4O3S2. The SMILES string of the molecule is CCc1cc2c(s1)CCO[C@@]21CCN(Cc2cn(C(C)(C)CS(C)(=O)=O)nn2)[C@@H](C)C1. The van der Waals surface area contributed by atoms with Gasteiger partial charge < -0.3 is 4.74 Å². The van der Waals surface area contributed by atoms with Crippen LogP contribution in [0.15, 0.2) is 12.3 Å². The zero-order valence-corrected chi connectivity index (χ0v) is 20.9. The van der Waals surface area contributed by atoms with Crippen LogP contribution in [0.3, 0.4) is 0 Å². The predicted octanol–water partition coefficient (Wildman–Crippen LogP) is 3.13. The van der Waals surface area contributed by atoms with Gasteiger partial charge in [-0.3, -0.25) is 4.90 Å². The molecule has 9 heteroatoms. The van der Waals surface area contributed by atoms with Gasteiger partial charge >= 0.3 is 0 Å². The Balaban J connectivity index is 1.46. The van der Waals surface area contributed by atoms with E-state index in [-0.39, 0.29) is 11.4 Å². The normalized spacial score (nSPS) is 25.1. The first kappa shape index (κ1) is 22.9. The van der Waals surface area contributed by atoms with E-state index in [0.717, 1.165) is 44.5 Å². The third-order valence-electron chi connectivity index (χ3n) is 6.60. The number of thiophene rings is 1. The quantitative estimate of drug-likeness (QED) is 0.651. The van der Waals surface area contributed by atoms with Crippen molar-refractivity contribution in [3.8, 4) is 0 Å². The Morgan fingerprint density at radius 2 is 2.16 bits per heavy atom. The smallest absolute Gasteiger partial charge is 0.149 e. The lowest BCUT2D eigenvalue weighted by molar-refractivity contribution is -0.112. The molecule has 1 saturated heterocycles. The highest BCUT2D eigenvalue weighted by Crippen LogP contribution is 2.46. The average molecular weight is 467 g/mol. The van der Waals surface area contributed by atoms with Gasteiger partial charge in [0.05, 0.1) is 35.4 Å². The minimum atomic E-state index is -3.11. The van der Waals surface area contributed by atoms with Gasteiger partial charge in [-0.05, 0) is 51.7 Å². The molecule has 2 atom stereocenters. The molecule has 2 aromatic heterocycles. The van der Waals surface area contributed by atoms with Crippen molar-refractivity contribution in [3.05, 3.63) is 33.3 Å². The second-order valence-electron chi connectivity index (χ2n) is 9.81. The number of aromatic nitrogens is 3. The van der Waals surface area contributed by atoms with E-state index in [1.165, 1.54) is 21.6 Å². The molecule has 0 bridgehead atoms. The second-order valence-corrected chi connectivity index (χ2v) is 13.2. The third-order valence-corrected chi connectivity index (χ3v) is 9.17. The van der Waals surface area contributed by atoms with Crippen molar-refractivity contribution in [3.63, 3.8) is 0 Å². The Morgan fingerprint density at radius 3 is 2.84 bits per heavy atom. The second kappa shape index (κ2) is 8.24. The van der Waals surface area contributed by atoms with E-state index < -0.39 is 15.4 Å². The maximum Gasteiger partial charge on any atom is 0.149 e. The molecule has 0 amide bonds. The highest BCUT2D eigenvalue weighted by atomic mass is 32.2.